The van der Waals surface area contributed by atoms with E-state index in [-0.39, 0.29) is 5.41 Å². The predicted molar refractivity (Wildman–Crippen MR) is 61.4 cm³/mol. The maximum atomic E-state index is 5.50. The molecule has 0 saturated heterocycles. The summed E-state index contributed by atoms with van der Waals surface area (Å²) in [6, 6.07) is 5.67. The summed E-state index contributed by atoms with van der Waals surface area (Å²) in [6.07, 6.45) is 5.50. The van der Waals surface area contributed by atoms with Gasteiger partial charge in [0.25, 0.3) is 0 Å². The van der Waals surface area contributed by atoms with Gasteiger partial charge in [-0.05, 0) is 19.9 Å². The van der Waals surface area contributed by atoms with Crippen LogP contribution in [0.2, 0.25) is 0 Å². The highest BCUT2D eigenvalue weighted by Crippen LogP contribution is 2.33. The molecule has 2 heteroatoms. The Hall–Kier alpha value is -1.62. The summed E-state index contributed by atoms with van der Waals surface area (Å²) >= 11 is 0. The summed E-state index contributed by atoms with van der Waals surface area (Å²) in [6.45, 7) is 3.97. The fourth-order valence-corrected chi connectivity index (χ4v) is 1.39. The summed E-state index contributed by atoms with van der Waals surface area (Å²) < 4.78 is 10.4. The van der Waals surface area contributed by atoms with E-state index in [9.17, 15) is 0 Å². The molecule has 0 N–H and O–H groups in total. The van der Waals surface area contributed by atoms with Crippen molar-refractivity contribution >= 4 is 0 Å². The van der Waals surface area contributed by atoms with E-state index >= 15 is 0 Å². The molecule has 0 radical (unpaired) electrons. The van der Waals surface area contributed by atoms with Crippen LogP contribution in [0.3, 0.4) is 0 Å². The minimum Gasteiger partial charge on any atom is -0.497 e. The van der Waals surface area contributed by atoms with E-state index in [0.29, 0.717) is 0 Å². The Morgan fingerprint density at radius 3 is 2.33 bits per heavy atom. The van der Waals surface area contributed by atoms with E-state index < -0.39 is 0 Å². The number of rotatable bonds is 3. The quantitative estimate of drug-likeness (QED) is 0.705. The summed E-state index contributed by atoms with van der Waals surface area (Å²) in [5, 5.41) is 0. The third-order valence-electron chi connectivity index (χ3n) is 2.44. The number of ether oxygens (including phenoxy) is 2. The highest BCUT2D eigenvalue weighted by molar-refractivity contribution is 5.47. The van der Waals surface area contributed by atoms with Gasteiger partial charge in [0.1, 0.15) is 11.5 Å². The lowest BCUT2D eigenvalue weighted by atomic mass is 9.85. The first kappa shape index (κ1) is 11.5. The Morgan fingerprint density at radius 1 is 1.20 bits per heavy atom. The summed E-state index contributed by atoms with van der Waals surface area (Å²) in [4.78, 5) is 0. The summed E-state index contributed by atoms with van der Waals surface area (Å²) in [5.41, 5.74) is 0.658. The molecule has 1 aromatic rings. The van der Waals surface area contributed by atoms with Crippen LogP contribution in [0, 0.1) is 12.3 Å². The second kappa shape index (κ2) is 4.27. The fourth-order valence-electron chi connectivity index (χ4n) is 1.39. The largest absolute Gasteiger partial charge is 0.497 e. The molecule has 80 valence electrons. The Morgan fingerprint density at radius 2 is 1.87 bits per heavy atom. The Balaban J connectivity index is 3.26. The first-order valence-corrected chi connectivity index (χ1v) is 4.75. The van der Waals surface area contributed by atoms with Crippen molar-refractivity contribution in [2.24, 2.45) is 0 Å². The van der Waals surface area contributed by atoms with E-state index in [2.05, 4.69) is 5.92 Å². The van der Waals surface area contributed by atoms with Crippen LogP contribution in [0.4, 0.5) is 0 Å². The third-order valence-corrected chi connectivity index (χ3v) is 2.44. The molecule has 0 spiro atoms. The molecule has 0 aliphatic heterocycles. The van der Waals surface area contributed by atoms with Gasteiger partial charge in [-0.25, -0.2) is 0 Å². The zero-order chi connectivity index (χ0) is 11.5. The molecule has 0 bridgehead atoms. The van der Waals surface area contributed by atoms with Gasteiger partial charge in [-0.1, -0.05) is 12.0 Å². The monoisotopic (exact) mass is 204 g/mol. The molecule has 0 atom stereocenters. The van der Waals surface area contributed by atoms with Crippen molar-refractivity contribution in [2.75, 3.05) is 14.2 Å². The van der Waals surface area contributed by atoms with Gasteiger partial charge < -0.3 is 9.47 Å². The van der Waals surface area contributed by atoms with Crippen LogP contribution >= 0.6 is 0 Å². The molecule has 1 rings (SSSR count). The van der Waals surface area contributed by atoms with Gasteiger partial charge in [0.15, 0.2) is 0 Å². The minimum absolute atomic E-state index is 0.336. The molecule has 0 unspecified atom stereocenters. The van der Waals surface area contributed by atoms with Crippen molar-refractivity contribution < 1.29 is 9.47 Å². The highest BCUT2D eigenvalue weighted by Gasteiger charge is 2.21. The van der Waals surface area contributed by atoms with Crippen molar-refractivity contribution in [1.82, 2.24) is 0 Å². The maximum Gasteiger partial charge on any atom is 0.127 e. The van der Waals surface area contributed by atoms with Gasteiger partial charge in [0.05, 0.1) is 19.6 Å². The van der Waals surface area contributed by atoms with Gasteiger partial charge >= 0.3 is 0 Å². The molecule has 0 fully saturated rings. The van der Waals surface area contributed by atoms with Crippen LogP contribution in [-0.2, 0) is 5.41 Å². The maximum absolute atomic E-state index is 5.50. The van der Waals surface area contributed by atoms with E-state index in [0.717, 1.165) is 17.1 Å². The first-order chi connectivity index (χ1) is 7.05. The predicted octanol–water partition coefficient (Wildman–Crippen LogP) is 2.61. The first-order valence-electron chi connectivity index (χ1n) is 4.75. The summed E-state index contributed by atoms with van der Waals surface area (Å²) in [7, 11) is 3.26. The fraction of sp³-hybridized carbons (Fsp3) is 0.385. The van der Waals surface area contributed by atoms with Gasteiger partial charge in [-0.3, -0.25) is 0 Å². The lowest BCUT2D eigenvalue weighted by molar-refractivity contribution is 0.386. The molecule has 1 aromatic carbocycles. The Kier molecular flexibility index (Phi) is 3.26. The SMILES string of the molecule is C#CC(C)(C)c1ccc(OC)cc1OC. The average Bonchev–Trinajstić information content (AvgIpc) is 2.28. The van der Waals surface area contributed by atoms with E-state index in [1.165, 1.54) is 0 Å². The molecule has 15 heavy (non-hydrogen) atoms. The zero-order valence-corrected chi connectivity index (χ0v) is 9.63. The zero-order valence-electron chi connectivity index (χ0n) is 9.63. The smallest absolute Gasteiger partial charge is 0.127 e. The van der Waals surface area contributed by atoms with E-state index in [1.54, 1.807) is 14.2 Å². The second-order valence-corrected chi connectivity index (χ2v) is 3.84. The van der Waals surface area contributed by atoms with Crippen LogP contribution in [0.15, 0.2) is 18.2 Å². The molecule has 0 aliphatic rings. The van der Waals surface area contributed by atoms with Crippen LogP contribution in [0.25, 0.3) is 0 Å². The molecule has 0 aliphatic carbocycles. The third kappa shape index (κ3) is 2.24. The Bertz CT molecular complexity index is 386. The van der Waals surface area contributed by atoms with Gasteiger partial charge in [-0.2, -0.15) is 0 Å². The van der Waals surface area contributed by atoms with Crippen LogP contribution in [0.1, 0.15) is 19.4 Å². The van der Waals surface area contributed by atoms with Gasteiger partial charge in [-0.15, -0.1) is 6.42 Å². The van der Waals surface area contributed by atoms with E-state index in [1.807, 2.05) is 32.0 Å². The van der Waals surface area contributed by atoms with Crippen molar-refractivity contribution in [3.8, 4) is 23.8 Å². The average molecular weight is 204 g/mol. The van der Waals surface area contributed by atoms with Gasteiger partial charge in [0.2, 0.25) is 0 Å². The van der Waals surface area contributed by atoms with E-state index in [4.69, 9.17) is 15.9 Å². The minimum atomic E-state index is -0.336. The molecular formula is C13H16O2. The van der Waals surface area contributed by atoms with Crippen molar-refractivity contribution in [3.05, 3.63) is 23.8 Å². The summed E-state index contributed by atoms with van der Waals surface area (Å²) in [5.74, 6) is 4.28. The van der Waals surface area contributed by atoms with Crippen molar-refractivity contribution in [3.63, 3.8) is 0 Å². The van der Waals surface area contributed by atoms with Crippen molar-refractivity contribution in [2.45, 2.75) is 19.3 Å². The van der Waals surface area contributed by atoms with Crippen molar-refractivity contribution in [1.29, 1.82) is 0 Å². The molecule has 0 aromatic heterocycles. The molecule has 0 saturated carbocycles. The topological polar surface area (TPSA) is 18.5 Å². The number of benzene rings is 1. The Labute approximate surface area is 91.2 Å². The lowest BCUT2D eigenvalue weighted by Crippen LogP contribution is -2.15. The highest BCUT2D eigenvalue weighted by atomic mass is 16.5. The number of methoxy groups -OCH3 is 2. The molecule has 2 nitrogen and oxygen atoms in total. The number of terminal acetylenes is 1. The normalized spacial score (nSPS) is 10.6. The van der Waals surface area contributed by atoms with Gasteiger partial charge in [0, 0.05) is 11.6 Å². The van der Waals surface area contributed by atoms with Crippen LogP contribution in [-0.4, -0.2) is 14.2 Å². The standard InChI is InChI=1S/C13H16O2/c1-6-13(2,3)11-8-7-10(14-4)9-12(11)15-5/h1,7-9H,2-5H3. The number of hydrogen-bond donors (Lipinski definition) is 0. The number of hydrogen-bond acceptors (Lipinski definition) is 2. The second-order valence-electron chi connectivity index (χ2n) is 3.84. The molecule has 0 heterocycles. The van der Waals surface area contributed by atoms with Crippen LogP contribution in [0.5, 0.6) is 11.5 Å². The lowest BCUT2D eigenvalue weighted by Gasteiger charge is -2.21. The molecule has 0 amide bonds. The van der Waals surface area contributed by atoms with Crippen LogP contribution < -0.4 is 9.47 Å². The molecular weight excluding hydrogens is 188 g/mol.